The highest BCUT2D eigenvalue weighted by Gasteiger charge is 2.15. The second-order valence-electron chi connectivity index (χ2n) is 6.45. The first-order chi connectivity index (χ1) is 15.1. The summed E-state index contributed by atoms with van der Waals surface area (Å²) in [5.41, 5.74) is 1.75. The molecule has 0 unspecified atom stereocenters. The smallest absolute Gasteiger partial charge is 0.256 e. The van der Waals surface area contributed by atoms with Gasteiger partial charge in [0.1, 0.15) is 11.5 Å². The highest BCUT2D eigenvalue weighted by Crippen LogP contribution is 2.27. The molecule has 0 spiro atoms. The molecule has 0 fully saturated rings. The van der Waals surface area contributed by atoms with Crippen LogP contribution in [0.25, 0.3) is 0 Å². The number of amides is 2. The lowest BCUT2D eigenvalue weighted by atomic mass is 10.2. The van der Waals surface area contributed by atoms with Gasteiger partial charge in [-0.3, -0.25) is 9.59 Å². The van der Waals surface area contributed by atoms with Crippen molar-refractivity contribution in [2.75, 3.05) is 30.1 Å². The lowest BCUT2D eigenvalue weighted by Gasteiger charge is -2.13. The second-order valence-corrected chi connectivity index (χ2v) is 7.47. The van der Waals surface area contributed by atoms with E-state index >= 15 is 0 Å². The topological polar surface area (TPSA) is 76.7 Å². The van der Waals surface area contributed by atoms with Gasteiger partial charge in [-0.15, -0.1) is 11.8 Å². The molecule has 0 heterocycles. The summed E-state index contributed by atoms with van der Waals surface area (Å²) in [4.78, 5) is 26.0. The minimum Gasteiger partial charge on any atom is -0.497 e. The number of hydrogen-bond donors (Lipinski definition) is 2. The number of ether oxygens (including phenoxy) is 2. The van der Waals surface area contributed by atoms with Crippen molar-refractivity contribution in [2.45, 2.75) is 11.8 Å². The van der Waals surface area contributed by atoms with Crippen molar-refractivity contribution >= 4 is 35.0 Å². The fraction of sp³-hybridized carbons (Fsp3) is 0.167. The van der Waals surface area contributed by atoms with Gasteiger partial charge in [0, 0.05) is 16.6 Å². The van der Waals surface area contributed by atoms with Crippen molar-refractivity contribution in [2.24, 2.45) is 0 Å². The van der Waals surface area contributed by atoms with Crippen molar-refractivity contribution in [3.05, 3.63) is 78.4 Å². The molecule has 0 aliphatic carbocycles. The van der Waals surface area contributed by atoms with Gasteiger partial charge >= 0.3 is 0 Å². The Morgan fingerprint density at radius 2 is 1.71 bits per heavy atom. The monoisotopic (exact) mass is 436 g/mol. The Balaban J connectivity index is 1.66. The molecule has 3 aromatic rings. The van der Waals surface area contributed by atoms with Crippen LogP contribution < -0.4 is 20.1 Å². The maximum Gasteiger partial charge on any atom is 0.256 e. The van der Waals surface area contributed by atoms with Crippen LogP contribution in [0.5, 0.6) is 11.5 Å². The lowest BCUT2D eigenvalue weighted by Crippen LogP contribution is -2.16. The third kappa shape index (κ3) is 6.26. The molecular weight excluding hydrogens is 412 g/mol. The number of benzene rings is 3. The largest absolute Gasteiger partial charge is 0.497 e. The third-order valence-electron chi connectivity index (χ3n) is 4.28. The van der Waals surface area contributed by atoms with Crippen molar-refractivity contribution in [1.82, 2.24) is 0 Å². The van der Waals surface area contributed by atoms with E-state index < -0.39 is 0 Å². The predicted octanol–water partition coefficient (Wildman–Crippen LogP) is 5.08. The van der Waals surface area contributed by atoms with E-state index in [1.165, 1.54) is 11.8 Å². The van der Waals surface area contributed by atoms with E-state index in [0.717, 1.165) is 4.90 Å². The molecular formula is C24H24N2O4S. The summed E-state index contributed by atoms with van der Waals surface area (Å²) in [6, 6.07) is 21.6. The van der Waals surface area contributed by atoms with Gasteiger partial charge in [-0.05, 0) is 43.3 Å². The highest BCUT2D eigenvalue weighted by molar-refractivity contribution is 8.00. The SMILES string of the molecule is CCOc1ccccc1NC(=O)c1ccccc1SCC(=O)Nc1cccc(OC)c1. The van der Waals surface area contributed by atoms with Crippen LogP contribution in [0.2, 0.25) is 0 Å². The molecule has 0 aromatic heterocycles. The highest BCUT2D eigenvalue weighted by atomic mass is 32.2. The normalized spacial score (nSPS) is 10.3. The predicted molar refractivity (Wildman–Crippen MR) is 124 cm³/mol. The summed E-state index contributed by atoms with van der Waals surface area (Å²) in [7, 11) is 1.57. The van der Waals surface area contributed by atoms with Crippen LogP contribution in [0.1, 0.15) is 17.3 Å². The first-order valence-corrected chi connectivity index (χ1v) is 10.8. The van der Waals surface area contributed by atoms with Crippen molar-refractivity contribution < 1.29 is 19.1 Å². The molecule has 0 saturated heterocycles. The number of carbonyl (C=O) groups is 2. The quantitative estimate of drug-likeness (QED) is 0.458. The average Bonchev–Trinajstić information content (AvgIpc) is 2.79. The summed E-state index contributed by atoms with van der Waals surface area (Å²) < 4.78 is 10.7. The van der Waals surface area contributed by atoms with Gasteiger partial charge in [0.15, 0.2) is 0 Å². The van der Waals surface area contributed by atoms with E-state index in [1.807, 2.05) is 43.3 Å². The Morgan fingerprint density at radius 3 is 2.52 bits per heavy atom. The standard InChI is InChI=1S/C24H24N2O4S/c1-3-30-21-13-6-5-12-20(21)26-24(28)19-11-4-7-14-22(19)31-16-23(27)25-17-9-8-10-18(15-17)29-2/h4-15H,3,16H2,1-2H3,(H,25,27)(H,26,28). The van der Waals surface area contributed by atoms with Gasteiger partial charge in [0.25, 0.3) is 5.91 Å². The summed E-state index contributed by atoms with van der Waals surface area (Å²) in [5.74, 6) is 1.01. The van der Waals surface area contributed by atoms with Crippen LogP contribution in [-0.4, -0.2) is 31.3 Å². The zero-order chi connectivity index (χ0) is 22.1. The summed E-state index contributed by atoms with van der Waals surface area (Å²) in [5, 5.41) is 5.74. The van der Waals surface area contributed by atoms with E-state index in [9.17, 15) is 9.59 Å². The summed E-state index contributed by atoms with van der Waals surface area (Å²) in [6.07, 6.45) is 0. The molecule has 0 saturated carbocycles. The number of nitrogens with one attached hydrogen (secondary N) is 2. The minimum absolute atomic E-state index is 0.164. The molecule has 31 heavy (non-hydrogen) atoms. The van der Waals surface area contributed by atoms with E-state index in [4.69, 9.17) is 9.47 Å². The van der Waals surface area contributed by atoms with E-state index in [2.05, 4.69) is 10.6 Å². The Hall–Kier alpha value is -3.45. The van der Waals surface area contributed by atoms with Crippen LogP contribution in [0, 0.1) is 0 Å². The number of anilines is 2. The molecule has 2 N–H and O–H groups in total. The molecule has 3 aromatic carbocycles. The molecule has 2 amide bonds. The van der Waals surface area contributed by atoms with Gasteiger partial charge in [-0.2, -0.15) is 0 Å². The van der Waals surface area contributed by atoms with Crippen molar-refractivity contribution in [3.63, 3.8) is 0 Å². The Morgan fingerprint density at radius 1 is 0.935 bits per heavy atom. The van der Waals surface area contributed by atoms with Crippen molar-refractivity contribution in [3.8, 4) is 11.5 Å². The third-order valence-corrected chi connectivity index (χ3v) is 5.35. The van der Waals surface area contributed by atoms with E-state index in [1.54, 1.807) is 43.5 Å². The molecule has 6 nitrogen and oxygen atoms in total. The number of carbonyl (C=O) groups excluding carboxylic acids is 2. The summed E-state index contributed by atoms with van der Waals surface area (Å²) >= 11 is 1.30. The molecule has 0 aliphatic rings. The van der Waals surface area contributed by atoms with Crippen LogP contribution in [-0.2, 0) is 4.79 Å². The molecule has 160 valence electrons. The number of para-hydroxylation sites is 2. The second kappa shape index (κ2) is 11.1. The number of rotatable bonds is 9. The van der Waals surface area contributed by atoms with E-state index in [-0.39, 0.29) is 17.6 Å². The fourth-order valence-corrected chi connectivity index (χ4v) is 3.71. The zero-order valence-corrected chi connectivity index (χ0v) is 18.2. The number of methoxy groups -OCH3 is 1. The first-order valence-electron chi connectivity index (χ1n) is 9.79. The van der Waals surface area contributed by atoms with Crippen molar-refractivity contribution in [1.29, 1.82) is 0 Å². The maximum atomic E-state index is 12.9. The molecule has 0 atom stereocenters. The molecule has 0 aliphatic heterocycles. The first kappa shape index (κ1) is 22.2. The van der Waals surface area contributed by atoms with Gasteiger partial charge in [-0.25, -0.2) is 0 Å². The van der Waals surface area contributed by atoms with Crippen LogP contribution in [0.15, 0.2) is 77.7 Å². The Labute approximate surface area is 186 Å². The number of hydrogen-bond acceptors (Lipinski definition) is 5. The van der Waals surface area contributed by atoms with E-state index in [0.29, 0.717) is 35.0 Å². The van der Waals surface area contributed by atoms with Gasteiger partial charge in [-0.1, -0.05) is 30.3 Å². The maximum absolute atomic E-state index is 12.9. The fourth-order valence-electron chi connectivity index (χ4n) is 2.86. The number of thioether (sulfide) groups is 1. The lowest BCUT2D eigenvalue weighted by molar-refractivity contribution is -0.113. The minimum atomic E-state index is -0.261. The molecule has 3 rings (SSSR count). The van der Waals surface area contributed by atoms with Crippen LogP contribution >= 0.6 is 11.8 Å². The zero-order valence-electron chi connectivity index (χ0n) is 17.4. The van der Waals surface area contributed by atoms with Gasteiger partial charge < -0.3 is 20.1 Å². The van der Waals surface area contributed by atoms with Gasteiger partial charge in [0.05, 0.1) is 30.7 Å². The average molecular weight is 437 g/mol. The summed E-state index contributed by atoms with van der Waals surface area (Å²) in [6.45, 7) is 2.39. The van der Waals surface area contributed by atoms with Crippen LogP contribution in [0.3, 0.4) is 0 Å². The Kier molecular flexibility index (Phi) is 7.95. The Bertz CT molecular complexity index is 1060. The van der Waals surface area contributed by atoms with Crippen LogP contribution in [0.4, 0.5) is 11.4 Å². The van der Waals surface area contributed by atoms with Gasteiger partial charge in [0.2, 0.25) is 5.91 Å². The molecule has 7 heteroatoms. The molecule has 0 radical (unpaired) electrons. The molecule has 0 bridgehead atoms.